The number of hydrogen-bond acceptors (Lipinski definition) is 3. The average molecular weight is 224 g/mol. The predicted molar refractivity (Wildman–Crippen MR) is 65.0 cm³/mol. The number of rotatable bonds is 8. The van der Waals surface area contributed by atoms with Gasteiger partial charge >= 0.3 is 5.97 Å². The minimum atomic E-state index is -0.436. The van der Waals surface area contributed by atoms with E-state index in [2.05, 4.69) is 6.58 Å². The first kappa shape index (κ1) is 14.6. The summed E-state index contributed by atoms with van der Waals surface area (Å²) in [6.45, 7) is 5.69. The van der Waals surface area contributed by atoms with Gasteiger partial charge in [-0.15, -0.1) is 0 Å². The van der Waals surface area contributed by atoms with Crippen LogP contribution in [-0.4, -0.2) is 23.8 Å². The number of carbonyl (C=O) groups excluding carboxylic acids is 1. The lowest BCUT2D eigenvalue weighted by molar-refractivity contribution is -0.137. The summed E-state index contributed by atoms with van der Waals surface area (Å²) in [6.07, 6.45) is 10.1. The molecule has 0 saturated heterocycles. The fraction of sp³-hybridized carbons (Fsp3) is 0.462. The monoisotopic (exact) mass is 224 g/mol. The van der Waals surface area contributed by atoms with Gasteiger partial charge in [0.15, 0.2) is 0 Å². The van der Waals surface area contributed by atoms with E-state index >= 15 is 0 Å². The van der Waals surface area contributed by atoms with Gasteiger partial charge in [0.05, 0.1) is 12.7 Å². The molecule has 3 nitrogen and oxygen atoms in total. The summed E-state index contributed by atoms with van der Waals surface area (Å²) in [5.74, 6) is -0.311. The predicted octanol–water partition coefficient (Wildman–Crippen LogP) is 2.38. The van der Waals surface area contributed by atoms with E-state index in [1.165, 1.54) is 6.08 Å². The first-order chi connectivity index (χ1) is 7.70. The van der Waals surface area contributed by atoms with Crippen LogP contribution in [0.5, 0.6) is 0 Å². The molecular formula is C13H20O3. The second kappa shape index (κ2) is 10.2. The molecule has 0 aliphatic heterocycles. The molecule has 3 heteroatoms. The minimum Gasteiger partial charge on any atom is -0.463 e. The highest BCUT2D eigenvalue weighted by atomic mass is 16.5. The van der Waals surface area contributed by atoms with Gasteiger partial charge in [0.1, 0.15) is 0 Å². The van der Waals surface area contributed by atoms with E-state index in [0.29, 0.717) is 13.0 Å². The van der Waals surface area contributed by atoms with Crippen molar-refractivity contribution in [1.29, 1.82) is 0 Å². The maximum atomic E-state index is 10.9. The molecule has 0 saturated carbocycles. The summed E-state index contributed by atoms with van der Waals surface area (Å²) in [5.41, 5.74) is 0. The van der Waals surface area contributed by atoms with E-state index in [-0.39, 0.29) is 5.97 Å². The van der Waals surface area contributed by atoms with Crippen LogP contribution in [0.25, 0.3) is 0 Å². The molecule has 0 aromatic carbocycles. The Morgan fingerprint density at radius 1 is 1.56 bits per heavy atom. The van der Waals surface area contributed by atoms with E-state index in [1.54, 1.807) is 31.2 Å². The largest absolute Gasteiger partial charge is 0.463 e. The number of carbonyl (C=O) groups is 1. The molecule has 0 radical (unpaired) electrons. The molecule has 0 aromatic rings. The standard InChI is InChI=1S/C13H20O3/c1-3-5-9-12(14)10-7-6-8-11-13(15)16-4-2/h3,5,8-9,11-12,14H,1,4,6-7,10H2,2H3/b9-5+,11-8+. The van der Waals surface area contributed by atoms with Crippen molar-refractivity contribution in [2.45, 2.75) is 32.3 Å². The molecule has 0 bridgehead atoms. The maximum absolute atomic E-state index is 10.9. The number of hydrogen-bond donors (Lipinski definition) is 1. The van der Waals surface area contributed by atoms with Crippen molar-refractivity contribution in [3.05, 3.63) is 37.0 Å². The number of unbranched alkanes of at least 4 members (excludes halogenated alkanes) is 1. The summed E-state index contributed by atoms with van der Waals surface area (Å²) in [4.78, 5) is 10.9. The molecule has 0 aliphatic carbocycles. The summed E-state index contributed by atoms with van der Waals surface area (Å²) in [7, 11) is 0. The second-order valence-electron chi connectivity index (χ2n) is 3.27. The van der Waals surface area contributed by atoms with Gasteiger partial charge in [-0.05, 0) is 26.2 Å². The SMILES string of the molecule is C=C/C=C/C(O)CCC/C=C/C(=O)OCC. The van der Waals surface area contributed by atoms with Crippen LogP contribution in [0.3, 0.4) is 0 Å². The number of aliphatic hydroxyl groups is 1. The fourth-order valence-corrected chi connectivity index (χ4v) is 1.12. The van der Waals surface area contributed by atoms with Crippen LogP contribution in [0.2, 0.25) is 0 Å². The smallest absolute Gasteiger partial charge is 0.330 e. The number of ether oxygens (including phenoxy) is 1. The molecule has 0 aliphatic rings. The highest BCUT2D eigenvalue weighted by molar-refractivity contribution is 5.81. The molecule has 1 N–H and O–H groups in total. The maximum Gasteiger partial charge on any atom is 0.330 e. The summed E-state index contributed by atoms with van der Waals surface area (Å²) in [5, 5.41) is 9.42. The van der Waals surface area contributed by atoms with Crippen LogP contribution in [0, 0.1) is 0 Å². The highest BCUT2D eigenvalue weighted by Gasteiger charge is 1.97. The van der Waals surface area contributed by atoms with Crippen molar-refractivity contribution in [3.63, 3.8) is 0 Å². The normalized spacial score (nSPS) is 13.1. The van der Waals surface area contributed by atoms with E-state index in [4.69, 9.17) is 4.74 Å². The Morgan fingerprint density at radius 3 is 2.94 bits per heavy atom. The molecule has 90 valence electrons. The van der Waals surface area contributed by atoms with Gasteiger partial charge < -0.3 is 9.84 Å². The van der Waals surface area contributed by atoms with Crippen LogP contribution in [0.1, 0.15) is 26.2 Å². The molecule has 0 heterocycles. The van der Waals surface area contributed by atoms with Crippen LogP contribution in [0.4, 0.5) is 0 Å². The lowest BCUT2D eigenvalue weighted by atomic mass is 10.1. The Kier molecular flexibility index (Phi) is 9.32. The van der Waals surface area contributed by atoms with Crippen molar-refractivity contribution in [3.8, 4) is 0 Å². The topological polar surface area (TPSA) is 46.5 Å². The third-order valence-electron chi connectivity index (χ3n) is 1.88. The van der Waals surface area contributed by atoms with Crippen molar-refractivity contribution >= 4 is 5.97 Å². The molecular weight excluding hydrogens is 204 g/mol. The first-order valence-corrected chi connectivity index (χ1v) is 5.51. The van der Waals surface area contributed by atoms with Gasteiger partial charge in [-0.1, -0.05) is 30.9 Å². The first-order valence-electron chi connectivity index (χ1n) is 5.51. The van der Waals surface area contributed by atoms with Crippen LogP contribution in [0.15, 0.2) is 37.0 Å². The third kappa shape index (κ3) is 9.21. The van der Waals surface area contributed by atoms with Crippen molar-refractivity contribution < 1.29 is 14.6 Å². The van der Waals surface area contributed by atoms with Gasteiger partial charge in [0.25, 0.3) is 0 Å². The average Bonchev–Trinajstić information content (AvgIpc) is 2.26. The zero-order valence-electron chi connectivity index (χ0n) is 9.76. The molecule has 16 heavy (non-hydrogen) atoms. The summed E-state index contributed by atoms with van der Waals surface area (Å²) >= 11 is 0. The quantitative estimate of drug-likeness (QED) is 0.298. The summed E-state index contributed by atoms with van der Waals surface area (Å²) < 4.78 is 4.73. The van der Waals surface area contributed by atoms with E-state index in [9.17, 15) is 9.90 Å². The lowest BCUT2D eigenvalue weighted by Gasteiger charge is -2.02. The molecule has 0 spiro atoms. The Hall–Kier alpha value is -1.35. The zero-order chi connectivity index (χ0) is 12.2. The highest BCUT2D eigenvalue weighted by Crippen LogP contribution is 2.03. The minimum absolute atomic E-state index is 0.311. The fourth-order valence-electron chi connectivity index (χ4n) is 1.12. The molecule has 0 amide bonds. The van der Waals surface area contributed by atoms with E-state index in [0.717, 1.165) is 12.8 Å². The number of aliphatic hydroxyl groups excluding tert-OH is 1. The van der Waals surface area contributed by atoms with E-state index < -0.39 is 6.10 Å². The lowest BCUT2D eigenvalue weighted by Crippen LogP contribution is -2.01. The van der Waals surface area contributed by atoms with Crippen LogP contribution >= 0.6 is 0 Å². The number of esters is 1. The second-order valence-corrected chi connectivity index (χ2v) is 3.27. The Labute approximate surface area is 97.1 Å². The van der Waals surface area contributed by atoms with Crippen molar-refractivity contribution in [2.75, 3.05) is 6.61 Å². The summed E-state index contributed by atoms with van der Waals surface area (Å²) in [6, 6.07) is 0. The zero-order valence-corrected chi connectivity index (χ0v) is 9.76. The Bertz CT molecular complexity index is 254. The van der Waals surface area contributed by atoms with Gasteiger partial charge in [0.2, 0.25) is 0 Å². The van der Waals surface area contributed by atoms with Crippen LogP contribution < -0.4 is 0 Å². The molecule has 0 aromatic heterocycles. The Balaban J connectivity index is 3.55. The molecule has 0 fully saturated rings. The van der Waals surface area contributed by atoms with Crippen molar-refractivity contribution in [1.82, 2.24) is 0 Å². The van der Waals surface area contributed by atoms with Crippen LogP contribution in [-0.2, 0) is 9.53 Å². The van der Waals surface area contributed by atoms with Gasteiger partial charge in [-0.2, -0.15) is 0 Å². The van der Waals surface area contributed by atoms with Gasteiger partial charge in [-0.3, -0.25) is 0 Å². The van der Waals surface area contributed by atoms with Gasteiger partial charge in [0, 0.05) is 6.08 Å². The molecule has 0 rings (SSSR count). The number of allylic oxidation sites excluding steroid dienone is 3. The molecule has 1 atom stereocenters. The van der Waals surface area contributed by atoms with Gasteiger partial charge in [-0.25, -0.2) is 4.79 Å². The molecule has 1 unspecified atom stereocenters. The Morgan fingerprint density at radius 2 is 2.31 bits per heavy atom. The van der Waals surface area contributed by atoms with Crippen molar-refractivity contribution in [2.24, 2.45) is 0 Å². The third-order valence-corrected chi connectivity index (χ3v) is 1.88. The van der Waals surface area contributed by atoms with E-state index in [1.807, 2.05) is 0 Å².